The maximum atomic E-state index is 13.9. The molecule has 1 atom stereocenters. The lowest BCUT2D eigenvalue weighted by Crippen LogP contribution is -2.33. The summed E-state index contributed by atoms with van der Waals surface area (Å²) in [5.41, 5.74) is 0.470. The Balaban J connectivity index is 2.30. The first-order chi connectivity index (χ1) is 7.74. The number of methoxy groups -OCH3 is 1. The number of benzene rings is 1. The van der Waals surface area contributed by atoms with E-state index >= 15 is 0 Å². The minimum Gasteiger partial charge on any atom is -0.495 e. The minimum absolute atomic E-state index is 0.00849. The summed E-state index contributed by atoms with van der Waals surface area (Å²) in [5, 5.41) is 3.15. The molecule has 1 saturated heterocycles. The van der Waals surface area contributed by atoms with Crippen LogP contribution < -0.4 is 10.1 Å². The van der Waals surface area contributed by atoms with Crippen LogP contribution in [0, 0.1) is 5.82 Å². The first-order valence-electron chi connectivity index (χ1n) is 5.08. The lowest BCUT2D eigenvalue weighted by molar-refractivity contribution is 0.0255. The first-order valence-corrected chi connectivity index (χ1v) is 5.46. The van der Waals surface area contributed by atoms with Crippen LogP contribution in [0.2, 0.25) is 5.02 Å². The van der Waals surface area contributed by atoms with Crippen LogP contribution in [0.1, 0.15) is 11.7 Å². The van der Waals surface area contributed by atoms with Gasteiger partial charge >= 0.3 is 0 Å². The largest absolute Gasteiger partial charge is 0.495 e. The van der Waals surface area contributed by atoms with E-state index in [9.17, 15) is 4.39 Å². The van der Waals surface area contributed by atoms with Gasteiger partial charge in [-0.25, -0.2) is 4.39 Å². The molecule has 1 aliphatic heterocycles. The summed E-state index contributed by atoms with van der Waals surface area (Å²) >= 11 is 5.84. The van der Waals surface area contributed by atoms with Gasteiger partial charge in [0.25, 0.3) is 0 Å². The number of rotatable bonds is 2. The van der Waals surface area contributed by atoms with Gasteiger partial charge in [-0.1, -0.05) is 11.6 Å². The van der Waals surface area contributed by atoms with Crippen molar-refractivity contribution < 1.29 is 13.9 Å². The fourth-order valence-corrected chi connectivity index (χ4v) is 1.97. The van der Waals surface area contributed by atoms with Gasteiger partial charge in [0.05, 0.1) is 19.8 Å². The van der Waals surface area contributed by atoms with Crippen LogP contribution in [0.15, 0.2) is 12.1 Å². The molecule has 1 unspecified atom stereocenters. The van der Waals surface area contributed by atoms with Gasteiger partial charge < -0.3 is 14.8 Å². The lowest BCUT2D eigenvalue weighted by Gasteiger charge is -2.24. The summed E-state index contributed by atoms with van der Waals surface area (Å²) in [7, 11) is 1.46. The average molecular weight is 246 g/mol. The van der Waals surface area contributed by atoms with Crippen molar-refractivity contribution in [2.24, 2.45) is 0 Å². The van der Waals surface area contributed by atoms with Crippen LogP contribution >= 0.6 is 11.6 Å². The van der Waals surface area contributed by atoms with E-state index in [0.29, 0.717) is 24.5 Å². The van der Waals surface area contributed by atoms with Gasteiger partial charge in [0, 0.05) is 18.7 Å². The van der Waals surface area contributed by atoms with Crippen molar-refractivity contribution in [1.29, 1.82) is 0 Å². The average Bonchev–Trinajstić information content (AvgIpc) is 2.34. The summed E-state index contributed by atoms with van der Waals surface area (Å²) in [5.74, 6) is -0.124. The SMILES string of the molecule is COc1ccc(C2CNCCO2)c(F)c1Cl. The highest BCUT2D eigenvalue weighted by Gasteiger charge is 2.22. The predicted molar refractivity (Wildman–Crippen MR) is 59.5 cm³/mol. The molecule has 0 radical (unpaired) electrons. The zero-order valence-corrected chi connectivity index (χ0v) is 9.68. The Hall–Kier alpha value is -0.840. The summed E-state index contributed by atoms with van der Waals surface area (Å²) in [6.45, 7) is 1.97. The van der Waals surface area contributed by atoms with Gasteiger partial charge in [0.1, 0.15) is 10.8 Å². The van der Waals surface area contributed by atoms with E-state index in [1.165, 1.54) is 7.11 Å². The van der Waals surface area contributed by atoms with E-state index < -0.39 is 5.82 Å². The van der Waals surface area contributed by atoms with E-state index in [1.54, 1.807) is 12.1 Å². The smallest absolute Gasteiger partial charge is 0.151 e. The van der Waals surface area contributed by atoms with Crippen molar-refractivity contribution in [2.75, 3.05) is 26.8 Å². The van der Waals surface area contributed by atoms with Crippen LogP contribution in [-0.4, -0.2) is 26.8 Å². The number of hydrogen-bond acceptors (Lipinski definition) is 3. The van der Waals surface area contributed by atoms with E-state index in [4.69, 9.17) is 21.1 Å². The second-order valence-corrected chi connectivity index (χ2v) is 3.93. The molecule has 2 rings (SSSR count). The Morgan fingerprint density at radius 2 is 2.38 bits per heavy atom. The summed E-state index contributed by atoms with van der Waals surface area (Å²) < 4.78 is 24.3. The normalized spacial score (nSPS) is 20.8. The monoisotopic (exact) mass is 245 g/mol. The number of hydrogen-bond donors (Lipinski definition) is 1. The van der Waals surface area contributed by atoms with Crippen LogP contribution in [0.25, 0.3) is 0 Å². The van der Waals surface area contributed by atoms with Crippen LogP contribution in [0.5, 0.6) is 5.75 Å². The topological polar surface area (TPSA) is 30.5 Å². The zero-order chi connectivity index (χ0) is 11.5. The molecular formula is C11H13ClFNO2. The van der Waals surface area contributed by atoms with Gasteiger partial charge in [-0.05, 0) is 12.1 Å². The molecule has 1 aromatic rings. The maximum Gasteiger partial charge on any atom is 0.151 e. The molecule has 0 aromatic heterocycles. The Morgan fingerprint density at radius 3 is 3.00 bits per heavy atom. The quantitative estimate of drug-likeness (QED) is 0.866. The molecule has 1 fully saturated rings. The molecule has 0 aliphatic carbocycles. The molecule has 1 aliphatic rings. The maximum absolute atomic E-state index is 13.9. The van der Waals surface area contributed by atoms with Gasteiger partial charge in [-0.3, -0.25) is 0 Å². The minimum atomic E-state index is -0.463. The van der Waals surface area contributed by atoms with Crippen LogP contribution in [0.3, 0.4) is 0 Å². The Morgan fingerprint density at radius 1 is 1.56 bits per heavy atom. The summed E-state index contributed by atoms with van der Waals surface area (Å²) in [6, 6.07) is 3.30. The van der Waals surface area contributed by atoms with Crippen LogP contribution in [-0.2, 0) is 4.74 Å². The van der Waals surface area contributed by atoms with Gasteiger partial charge in [-0.2, -0.15) is 0 Å². The van der Waals surface area contributed by atoms with E-state index in [2.05, 4.69) is 5.32 Å². The van der Waals surface area contributed by atoms with Crippen molar-refractivity contribution in [3.8, 4) is 5.75 Å². The Labute approximate surface area is 98.5 Å². The van der Waals surface area contributed by atoms with E-state index in [0.717, 1.165) is 6.54 Å². The Bertz CT molecular complexity index is 380. The molecular weight excluding hydrogens is 233 g/mol. The predicted octanol–water partition coefficient (Wildman–Crippen LogP) is 2.15. The number of morpholine rings is 1. The van der Waals surface area contributed by atoms with Gasteiger partial charge in [0.2, 0.25) is 0 Å². The summed E-state index contributed by atoms with van der Waals surface area (Å²) in [4.78, 5) is 0. The number of nitrogens with one attached hydrogen (secondary N) is 1. The molecule has 1 N–H and O–H groups in total. The third-order valence-electron chi connectivity index (χ3n) is 2.57. The second kappa shape index (κ2) is 4.99. The van der Waals surface area contributed by atoms with E-state index in [1.807, 2.05) is 0 Å². The van der Waals surface area contributed by atoms with Crippen molar-refractivity contribution in [3.63, 3.8) is 0 Å². The fourth-order valence-electron chi connectivity index (χ4n) is 1.72. The van der Waals surface area contributed by atoms with E-state index in [-0.39, 0.29) is 11.1 Å². The van der Waals surface area contributed by atoms with Crippen molar-refractivity contribution >= 4 is 11.6 Å². The highest BCUT2D eigenvalue weighted by atomic mass is 35.5. The van der Waals surface area contributed by atoms with Crippen molar-refractivity contribution in [2.45, 2.75) is 6.10 Å². The zero-order valence-electron chi connectivity index (χ0n) is 8.93. The summed E-state index contributed by atoms with van der Waals surface area (Å²) in [6.07, 6.45) is -0.280. The standard InChI is InChI=1S/C11H13ClFNO2/c1-15-8-3-2-7(11(13)10(8)12)9-6-14-4-5-16-9/h2-3,9,14H,4-6H2,1H3. The molecule has 5 heteroatoms. The fraction of sp³-hybridized carbons (Fsp3) is 0.455. The van der Waals surface area contributed by atoms with Gasteiger partial charge in [-0.15, -0.1) is 0 Å². The van der Waals surface area contributed by atoms with Gasteiger partial charge in [0.15, 0.2) is 5.82 Å². The van der Waals surface area contributed by atoms with Crippen molar-refractivity contribution in [1.82, 2.24) is 5.32 Å². The number of halogens is 2. The molecule has 88 valence electrons. The highest BCUT2D eigenvalue weighted by Crippen LogP contribution is 2.33. The number of ether oxygens (including phenoxy) is 2. The lowest BCUT2D eigenvalue weighted by atomic mass is 10.1. The first kappa shape index (κ1) is 11.6. The molecule has 0 bridgehead atoms. The molecule has 1 heterocycles. The third kappa shape index (κ3) is 2.14. The Kier molecular flexibility index (Phi) is 3.63. The molecule has 0 spiro atoms. The second-order valence-electron chi connectivity index (χ2n) is 3.55. The molecule has 0 saturated carbocycles. The third-order valence-corrected chi connectivity index (χ3v) is 2.92. The molecule has 1 aromatic carbocycles. The molecule has 0 amide bonds. The molecule has 16 heavy (non-hydrogen) atoms. The molecule has 3 nitrogen and oxygen atoms in total. The van der Waals surface area contributed by atoms with Crippen molar-refractivity contribution in [3.05, 3.63) is 28.5 Å². The highest BCUT2D eigenvalue weighted by molar-refractivity contribution is 6.32. The van der Waals surface area contributed by atoms with Crippen LogP contribution in [0.4, 0.5) is 4.39 Å².